The van der Waals surface area contributed by atoms with Crippen molar-refractivity contribution in [1.29, 1.82) is 0 Å². The van der Waals surface area contributed by atoms with E-state index in [4.69, 9.17) is 0 Å². The zero-order chi connectivity index (χ0) is 19.9. The molecular formula is C19H25FN6O2. The number of carbonyl (C=O) groups excluding carboxylic acids is 2. The minimum absolute atomic E-state index is 0.262. The lowest BCUT2D eigenvalue weighted by molar-refractivity contribution is 0.0947. The summed E-state index contributed by atoms with van der Waals surface area (Å²) in [5, 5.41) is 17.1. The van der Waals surface area contributed by atoms with E-state index in [9.17, 15) is 14.0 Å². The number of piperidine rings is 1. The number of benzene rings is 1. The third-order valence-corrected chi connectivity index (χ3v) is 4.83. The van der Waals surface area contributed by atoms with E-state index in [-0.39, 0.29) is 23.7 Å². The molecule has 9 heteroatoms. The van der Waals surface area contributed by atoms with Crippen molar-refractivity contribution in [2.24, 2.45) is 0 Å². The molecule has 150 valence electrons. The Morgan fingerprint density at radius 2 is 1.79 bits per heavy atom. The summed E-state index contributed by atoms with van der Waals surface area (Å²) < 4.78 is 14.7. The van der Waals surface area contributed by atoms with Gasteiger partial charge in [0.1, 0.15) is 5.82 Å². The normalized spacial score (nSPS) is 14.6. The summed E-state index contributed by atoms with van der Waals surface area (Å²) in [6.45, 7) is 4.55. The van der Waals surface area contributed by atoms with E-state index < -0.39 is 0 Å². The second-order valence-electron chi connectivity index (χ2n) is 6.82. The molecule has 2 heterocycles. The highest BCUT2D eigenvalue weighted by Crippen LogP contribution is 2.20. The largest absolute Gasteiger partial charge is 0.352 e. The summed E-state index contributed by atoms with van der Waals surface area (Å²) >= 11 is 0. The average molecular weight is 388 g/mol. The highest BCUT2D eigenvalue weighted by Gasteiger charge is 2.22. The molecule has 1 aromatic heterocycles. The van der Waals surface area contributed by atoms with Crippen LogP contribution in [-0.4, -0.2) is 53.0 Å². The van der Waals surface area contributed by atoms with E-state index in [1.54, 1.807) is 0 Å². The topological polar surface area (TPSA) is 101 Å². The molecule has 0 spiro atoms. The first-order valence-corrected chi connectivity index (χ1v) is 9.50. The molecule has 8 nitrogen and oxygen atoms in total. The maximum atomic E-state index is 12.9. The van der Waals surface area contributed by atoms with E-state index in [1.165, 1.54) is 24.3 Å². The van der Waals surface area contributed by atoms with E-state index in [0.29, 0.717) is 30.8 Å². The minimum Gasteiger partial charge on any atom is -0.352 e. The quantitative estimate of drug-likeness (QED) is 0.619. The van der Waals surface area contributed by atoms with Crippen molar-refractivity contribution >= 4 is 11.8 Å². The Balaban J connectivity index is 1.41. The smallest absolute Gasteiger partial charge is 0.273 e. The zero-order valence-corrected chi connectivity index (χ0v) is 15.9. The van der Waals surface area contributed by atoms with Crippen molar-refractivity contribution < 1.29 is 14.0 Å². The van der Waals surface area contributed by atoms with Crippen LogP contribution in [0.25, 0.3) is 0 Å². The Morgan fingerprint density at radius 1 is 1.14 bits per heavy atom. The first-order valence-electron chi connectivity index (χ1n) is 9.50. The fraction of sp³-hybridized carbons (Fsp3) is 0.474. The van der Waals surface area contributed by atoms with Gasteiger partial charge in [-0.2, -0.15) is 0 Å². The number of nitrogens with one attached hydrogen (secondary N) is 3. The van der Waals surface area contributed by atoms with Crippen LogP contribution < -0.4 is 16.0 Å². The van der Waals surface area contributed by atoms with Crippen molar-refractivity contribution in [3.63, 3.8) is 0 Å². The van der Waals surface area contributed by atoms with Gasteiger partial charge in [-0.25, -0.2) is 9.07 Å². The van der Waals surface area contributed by atoms with Crippen LogP contribution in [0.4, 0.5) is 4.39 Å². The second-order valence-corrected chi connectivity index (χ2v) is 6.82. The van der Waals surface area contributed by atoms with Crippen LogP contribution in [0.3, 0.4) is 0 Å². The van der Waals surface area contributed by atoms with Crippen LogP contribution in [-0.2, 0) is 0 Å². The molecule has 0 saturated carbocycles. The SMILES string of the molecule is Cc1c(C(=O)NCCCNC(=O)c2ccc(F)cc2)nnn1C1CCNCC1. The second kappa shape index (κ2) is 9.41. The molecule has 0 radical (unpaired) electrons. The fourth-order valence-electron chi connectivity index (χ4n) is 3.23. The van der Waals surface area contributed by atoms with Crippen molar-refractivity contribution in [3.8, 4) is 0 Å². The summed E-state index contributed by atoms with van der Waals surface area (Å²) in [5.41, 5.74) is 1.51. The summed E-state index contributed by atoms with van der Waals surface area (Å²) in [6, 6.07) is 5.63. The van der Waals surface area contributed by atoms with Crippen LogP contribution in [0, 0.1) is 12.7 Å². The van der Waals surface area contributed by atoms with Gasteiger partial charge >= 0.3 is 0 Å². The Bertz CT molecular complexity index is 814. The molecule has 0 atom stereocenters. The van der Waals surface area contributed by atoms with E-state index in [1.807, 2.05) is 11.6 Å². The predicted molar refractivity (Wildman–Crippen MR) is 102 cm³/mol. The third-order valence-electron chi connectivity index (χ3n) is 4.83. The Kier molecular flexibility index (Phi) is 6.70. The molecule has 1 aliphatic rings. The molecule has 3 N–H and O–H groups in total. The third kappa shape index (κ3) is 4.92. The molecule has 1 aromatic carbocycles. The lowest BCUT2D eigenvalue weighted by atomic mass is 10.1. The van der Waals surface area contributed by atoms with Crippen LogP contribution in [0.15, 0.2) is 24.3 Å². The number of nitrogens with zero attached hydrogens (tertiary/aromatic N) is 3. The summed E-state index contributed by atoms with van der Waals surface area (Å²) in [5.74, 6) is -0.915. The Labute approximate surface area is 162 Å². The van der Waals surface area contributed by atoms with Gasteiger partial charge in [-0.1, -0.05) is 5.21 Å². The van der Waals surface area contributed by atoms with Crippen molar-refractivity contribution in [2.45, 2.75) is 32.2 Å². The molecular weight excluding hydrogens is 363 g/mol. The maximum Gasteiger partial charge on any atom is 0.273 e. The van der Waals surface area contributed by atoms with Crippen LogP contribution in [0.1, 0.15) is 51.8 Å². The molecule has 1 aliphatic heterocycles. The van der Waals surface area contributed by atoms with E-state index in [0.717, 1.165) is 31.6 Å². The summed E-state index contributed by atoms with van der Waals surface area (Å²) in [6.07, 6.45) is 2.51. The fourth-order valence-corrected chi connectivity index (χ4v) is 3.23. The first kappa shape index (κ1) is 19.9. The van der Waals surface area contributed by atoms with E-state index in [2.05, 4.69) is 26.3 Å². The minimum atomic E-state index is -0.383. The number of amides is 2. The lowest BCUT2D eigenvalue weighted by Gasteiger charge is -2.23. The number of rotatable bonds is 7. The monoisotopic (exact) mass is 388 g/mol. The molecule has 2 aromatic rings. The van der Waals surface area contributed by atoms with E-state index >= 15 is 0 Å². The van der Waals surface area contributed by atoms with Crippen molar-refractivity contribution in [1.82, 2.24) is 30.9 Å². The maximum absolute atomic E-state index is 12.9. The van der Waals surface area contributed by atoms with Crippen molar-refractivity contribution in [3.05, 3.63) is 47.0 Å². The summed E-state index contributed by atoms with van der Waals surface area (Å²) in [4.78, 5) is 24.3. The molecule has 28 heavy (non-hydrogen) atoms. The van der Waals surface area contributed by atoms with Gasteiger partial charge in [0.05, 0.1) is 11.7 Å². The number of halogens is 1. The highest BCUT2D eigenvalue weighted by atomic mass is 19.1. The Morgan fingerprint density at radius 3 is 2.46 bits per heavy atom. The molecule has 0 bridgehead atoms. The van der Waals surface area contributed by atoms with Gasteiger partial charge in [0.15, 0.2) is 5.69 Å². The summed E-state index contributed by atoms with van der Waals surface area (Å²) in [7, 11) is 0. The van der Waals surface area contributed by atoms with Crippen LogP contribution in [0.5, 0.6) is 0 Å². The number of aromatic nitrogens is 3. The predicted octanol–water partition coefficient (Wildman–Crippen LogP) is 1.20. The van der Waals surface area contributed by atoms with Gasteiger partial charge < -0.3 is 16.0 Å². The molecule has 0 aliphatic carbocycles. The first-order chi connectivity index (χ1) is 13.6. The van der Waals surface area contributed by atoms with Gasteiger partial charge in [0, 0.05) is 18.7 Å². The number of carbonyl (C=O) groups is 2. The molecule has 1 saturated heterocycles. The van der Waals surface area contributed by atoms with Gasteiger partial charge in [-0.3, -0.25) is 9.59 Å². The standard InChI is InChI=1S/C19H25FN6O2/c1-13-17(24-25-26(13)16-7-11-21-12-8-16)19(28)23-10-2-9-22-18(27)14-3-5-15(20)6-4-14/h3-6,16,21H,2,7-12H2,1H3,(H,22,27)(H,23,28). The van der Waals surface area contributed by atoms with Gasteiger partial charge in [-0.05, 0) is 63.5 Å². The van der Waals surface area contributed by atoms with Gasteiger partial charge in [0.2, 0.25) is 0 Å². The van der Waals surface area contributed by atoms with Crippen LogP contribution in [0.2, 0.25) is 0 Å². The molecule has 3 rings (SSSR count). The van der Waals surface area contributed by atoms with Gasteiger partial charge in [0.25, 0.3) is 11.8 Å². The number of hydrogen-bond acceptors (Lipinski definition) is 5. The lowest BCUT2D eigenvalue weighted by Crippen LogP contribution is -2.31. The zero-order valence-electron chi connectivity index (χ0n) is 15.9. The Hall–Kier alpha value is -2.81. The molecule has 0 unspecified atom stereocenters. The molecule has 1 fully saturated rings. The highest BCUT2D eigenvalue weighted by molar-refractivity contribution is 5.94. The molecule has 2 amide bonds. The van der Waals surface area contributed by atoms with Crippen molar-refractivity contribution in [2.75, 3.05) is 26.2 Å². The number of hydrogen-bond donors (Lipinski definition) is 3. The van der Waals surface area contributed by atoms with Crippen LogP contribution >= 0.6 is 0 Å². The van der Waals surface area contributed by atoms with Gasteiger partial charge in [-0.15, -0.1) is 5.10 Å². The average Bonchev–Trinajstić information content (AvgIpc) is 3.10.